The Morgan fingerprint density at radius 1 is 1.05 bits per heavy atom. The summed E-state index contributed by atoms with van der Waals surface area (Å²) in [4.78, 5) is 0. The highest BCUT2D eigenvalue weighted by Crippen LogP contribution is 2.30. The number of benzene rings is 2. The van der Waals surface area contributed by atoms with Crippen molar-refractivity contribution in [3.63, 3.8) is 0 Å². The van der Waals surface area contributed by atoms with Gasteiger partial charge >= 0.3 is 0 Å². The molecule has 0 spiro atoms. The van der Waals surface area contributed by atoms with Crippen LogP contribution in [0.4, 0.5) is 0 Å². The number of hydrogen-bond donors (Lipinski definition) is 1. The summed E-state index contributed by atoms with van der Waals surface area (Å²) < 4.78 is 0. The maximum Gasteiger partial charge on any atom is 0.0298 e. The first-order valence-electron chi connectivity index (χ1n) is 8.47. The van der Waals surface area contributed by atoms with E-state index in [1.165, 1.54) is 42.0 Å². The summed E-state index contributed by atoms with van der Waals surface area (Å²) in [5, 5.41) is 6.52. The van der Waals surface area contributed by atoms with Crippen molar-refractivity contribution in [2.75, 3.05) is 6.54 Å². The molecule has 2 aromatic carbocycles. The predicted octanol–water partition coefficient (Wildman–Crippen LogP) is 5.32. The molecule has 3 rings (SSSR count). The third-order valence-electron chi connectivity index (χ3n) is 5.27. The second kappa shape index (κ2) is 6.62. The molecule has 1 aliphatic rings. The lowest BCUT2D eigenvalue weighted by atomic mass is 9.80. The van der Waals surface area contributed by atoms with Gasteiger partial charge in [-0.1, -0.05) is 68.7 Å². The van der Waals surface area contributed by atoms with E-state index in [9.17, 15) is 0 Å². The van der Waals surface area contributed by atoms with Gasteiger partial charge in [0, 0.05) is 6.04 Å². The molecule has 3 atom stereocenters. The zero-order valence-corrected chi connectivity index (χ0v) is 13.3. The molecule has 1 nitrogen and oxygen atoms in total. The van der Waals surface area contributed by atoms with Crippen LogP contribution in [0, 0.1) is 11.8 Å². The first kappa shape index (κ1) is 14.6. The molecule has 1 saturated carbocycles. The van der Waals surface area contributed by atoms with Crippen molar-refractivity contribution >= 4 is 10.8 Å². The van der Waals surface area contributed by atoms with E-state index in [4.69, 9.17) is 0 Å². The fraction of sp³-hybridized carbons (Fsp3) is 0.500. The van der Waals surface area contributed by atoms with Gasteiger partial charge in [-0.25, -0.2) is 0 Å². The molecular formula is C20H27N. The van der Waals surface area contributed by atoms with Gasteiger partial charge in [0.1, 0.15) is 0 Å². The van der Waals surface area contributed by atoms with E-state index in [1.807, 2.05) is 0 Å². The molecule has 0 bridgehead atoms. The summed E-state index contributed by atoms with van der Waals surface area (Å²) >= 11 is 0. The van der Waals surface area contributed by atoms with E-state index < -0.39 is 0 Å². The predicted molar refractivity (Wildman–Crippen MR) is 91.5 cm³/mol. The summed E-state index contributed by atoms with van der Waals surface area (Å²) in [6, 6.07) is 15.8. The third kappa shape index (κ3) is 3.29. The molecule has 0 heterocycles. The van der Waals surface area contributed by atoms with Gasteiger partial charge in [0.25, 0.3) is 0 Å². The molecule has 2 aromatic rings. The molecule has 0 aromatic heterocycles. The molecule has 0 amide bonds. The second-order valence-electron chi connectivity index (χ2n) is 6.72. The lowest BCUT2D eigenvalue weighted by molar-refractivity contribution is 0.242. The van der Waals surface area contributed by atoms with E-state index in [0.29, 0.717) is 6.04 Å². The molecule has 0 saturated heterocycles. The van der Waals surface area contributed by atoms with Crippen LogP contribution in [0.15, 0.2) is 42.5 Å². The minimum Gasteiger partial charge on any atom is -0.310 e. The summed E-state index contributed by atoms with van der Waals surface area (Å²) in [5.74, 6) is 1.74. The van der Waals surface area contributed by atoms with Gasteiger partial charge in [-0.2, -0.15) is 0 Å². The summed E-state index contributed by atoms with van der Waals surface area (Å²) in [6.07, 6.45) is 5.65. The van der Waals surface area contributed by atoms with E-state index >= 15 is 0 Å². The number of nitrogens with one attached hydrogen (secondary N) is 1. The quantitative estimate of drug-likeness (QED) is 0.800. The SMILES string of the molecule is CC(NCC1CCCCC1C)c1cccc2ccccc12. The van der Waals surface area contributed by atoms with Gasteiger partial charge in [0.2, 0.25) is 0 Å². The van der Waals surface area contributed by atoms with Crippen LogP contribution in [-0.2, 0) is 0 Å². The van der Waals surface area contributed by atoms with Gasteiger partial charge in [-0.3, -0.25) is 0 Å². The Labute approximate surface area is 128 Å². The molecule has 1 N–H and O–H groups in total. The maximum absolute atomic E-state index is 3.79. The van der Waals surface area contributed by atoms with Gasteiger partial charge in [-0.05, 0) is 48.1 Å². The monoisotopic (exact) mass is 281 g/mol. The summed E-state index contributed by atoms with van der Waals surface area (Å²) in [5.41, 5.74) is 1.43. The Bertz CT molecular complexity index is 584. The minimum absolute atomic E-state index is 0.422. The van der Waals surface area contributed by atoms with Crippen LogP contribution in [0.25, 0.3) is 10.8 Å². The molecule has 0 radical (unpaired) electrons. The van der Waals surface area contributed by atoms with Crippen LogP contribution in [0.3, 0.4) is 0 Å². The minimum atomic E-state index is 0.422. The molecule has 1 fully saturated rings. The second-order valence-corrected chi connectivity index (χ2v) is 6.72. The standard InChI is InChI=1S/C20H27N/c1-15-8-3-4-10-18(15)14-21-16(2)19-13-7-11-17-9-5-6-12-20(17)19/h5-7,9,11-13,15-16,18,21H,3-4,8,10,14H2,1-2H3. The zero-order valence-electron chi connectivity index (χ0n) is 13.3. The number of rotatable bonds is 4. The normalized spacial score (nSPS) is 24.1. The van der Waals surface area contributed by atoms with Crippen LogP contribution < -0.4 is 5.32 Å². The molecule has 3 unspecified atom stereocenters. The van der Waals surface area contributed by atoms with Crippen molar-refractivity contribution in [3.8, 4) is 0 Å². The van der Waals surface area contributed by atoms with E-state index in [0.717, 1.165) is 18.4 Å². The Morgan fingerprint density at radius 3 is 2.67 bits per heavy atom. The lowest BCUT2D eigenvalue weighted by Gasteiger charge is -2.30. The Balaban J connectivity index is 1.70. The number of fused-ring (bicyclic) bond motifs is 1. The van der Waals surface area contributed by atoms with Crippen molar-refractivity contribution in [1.29, 1.82) is 0 Å². The van der Waals surface area contributed by atoms with E-state index in [1.54, 1.807) is 0 Å². The summed E-state index contributed by atoms with van der Waals surface area (Å²) in [6.45, 7) is 5.88. The fourth-order valence-electron chi connectivity index (χ4n) is 3.76. The first-order valence-corrected chi connectivity index (χ1v) is 8.47. The van der Waals surface area contributed by atoms with Crippen molar-refractivity contribution in [3.05, 3.63) is 48.0 Å². The molecule has 21 heavy (non-hydrogen) atoms. The Kier molecular flexibility index (Phi) is 4.60. The van der Waals surface area contributed by atoms with E-state index in [-0.39, 0.29) is 0 Å². The third-order valence-corrected chi connectivity index (χ3v) is 5.27. The van der Waals surface area contributed by atoms with Gasteiger partial charge in [-0.15, -0.1) is 0 Å². The largest absolute Gasteiger partial charge is 0.310 e. The first-order chi connectivity index (χ1) is 10.3. The lowest BCUT2D eigenvalue weighted by Crippen LogP contribution is -2.31. The highest BCUT2D eigenvalue weighted by atomic mass is 14.9. The molecular weight excluding hydrogens is 254 g/mol. The highest BCUT2D eigenvalue weighted by molar-refractivity contribution is 5.86. The Morgan fingerprint density at radius 2 is 1.81 bits per heavy atom. The van der Waals surface area contributed by atoms with Crippen molar-refractivity contribution < 1.29 is 0 Å². The summed E-state index contributed by atoms with van der Waals surface area (Å²) in [7, 11) is 0. The van der Waals surface area contributed by atoms with Crippen LogP contribution in [0.1, 0.15) is 51.1 Å². The Hall–Kier alpha value is -1.34. The fourth-order valence-corrected chi connectivity index (χ4v) is 3.76. The zero-order chi connectivity index (χ0) is 14.7. The van der Waals surface area contributed by atoms with Crippen LogP contribution in [0.2, 0.25) is 0 Å². The average Bonchev–Trinajstić information content (AvgIpc) is 2.53. The molecule has 1 aliphatic carbocycles. The molecule has 112 valence electrons. The maximum atomic E-state index is 3.79. The van der Waals surface area contributed by atoms with E-state index in [2.05, 4.69) is 61.6 Å². The van der Waals surface area contributed by atoms with Gasteiger partial charge < -0.3 is 5.32 Å². The molecule has 0 aliphatic heterocycles. The smallest absolute Gasteiger partial charge is 0.0298 e. The highest BCUT2D eigenvalue weighted by Gasteiger charge is 2.21. The number of hydrogen-bond acceptors (Lipinski definition) is 1. The van der Waals surface area contributed by atoms with Crippen LogP contribution in [0.5, 0.6) is 0 Å². The van der Waals surface area contributed by atoms with Crippen molar-refractivity contribution in [1.82, 2.24) is 5.32 Å². The van der Waals surface area contributed by atoms with Gasteiger partial charge in [0.05, 0.1) is 0 Å². The van der Waals surface area contributed by atoms with Crippen LogP contribution >= 0.6 is 0 Å². The van der Waals surface area contributed by atoms with Crippen molar-refractivity contribution in [2.45, 2.75) is 45.6 Å². The van der Waals surface area contributed by atoms with Crippen LogP contribution in [-0.4, -0.2) is 6.54 Å². The van der Waals surface area contributed by atoms with Gasteiger partial charge in [0.15, 0.2) is 0 Å². The van der Waals surface area contributed by atoms with Crippen molar-refractivity contribution in [2.24, 2.45) is 11.8 Å². The average molecular weight is 281 g/mol. The topological polar surface area (TPSA) is 12.0 Å². The molecule has 1 heteroatoms.